The first kappa shape index (κ1) is 12.6. The van der Waals surface area contributed by atoms with Gasteiger partial charge in [0.05, 0.1) is 5.56 Å². The molecule has 0 aliphatic rings. The number of aromatic nitrogens is 1. The lowest BCUT2D eigenvalue weighted by Crippen LogP contribution is -2.00. The van der Waals surface area contributed by atoms with Crippen LogP contribution in [0.2, 0.25) is 5.02 Å². The molecule has 0 spiro atoms. The summed E-state index contributed by atoms with van der Waals surface area (Å²) in [6.45, 7) is 0. The molecular formula is C16H10ClNO2. The van der Waals surface area contributed by atoms with E-state index in [-0.39, 0.29) is 5.56 Å². The van der Waals surface area contributed by atoms with Gasteiger partial charge in [0, 0.05) is 28.4 Å². The van der Waals surface area contributed by atoms with Crippen LogP contribution in [0.1, 0.15) is 10.4 Å². The van der Waals surface area contributed by atoms with Crippen LogP contribution in [0.3, 0.4) is 0 Å². The molecule has 1 heterocycles. The third-order valence-corrected chi connectivity index (χ3v) is 3.41. The minimum absolute atomic E-state index is 0.177. The maximum atomic E-state index is 11.4. The van der Waals surface area contributed by atoms with E-state index in [2.05, 4.69) is 4.98 Å². The van der Waals surface area contributed by atoms with Crippen LogP contribution in [-0.4, -0.2) is 16.1 Å². The first-order valence-electron chi connectivity index (χ1n) is 6.03. The van der Waals surface area contributed by atoms with E-state index in [0.29, 0.717) is 10.6 Å². The molecule has 3 nitrogen and oxygen atoms in total. The summed E-state index contributed by atoms with van der Waals surface area (Å²) in [7, 11) is 0. The zero-order valence-electron chi connectivity index (χ0n) is 10.4. The van der Waals surface area contributed by atoms with Crippen LogP contribution in [0.4, 0.5) is 0 Å². The number of benzene rings is 2. The Labute approximate surface area is 120 Å². The van der Waals surface area contributed by atoms with E-state index in [9.17, 15) is 9.90 Å². The van der Waals surface area contributed by atoms with Gasteiger partial charge in [-0.25, -0.2) is 4.79 Å². The molecule has 0 saturated carbocycles. The zero-order valence-corrected chi connectivity index (χ0v) is 11.1. The quantitative estimate of drug-likeness (QED) is 0.765. The van der Waals surface area contributed by atoms with Crippen molar-refractivity contribution in [2.24, 2.45) is 0 Å². The van der Waals surface area contributed by atoms with Gasteiger partial charge < -0.3 is 5.11 Å². The highest BCUT2D eigenvalue weighted by atomic mass is 35.5. The summed E-state index contributed by atoms with van der Waals surface area (Å²) in [5.41, 5.74) is 1.58. The molecule has 98 valence electrons. The number of hydrogen-bond acceptors (Lipinski definition) is 2. The van der Waals surface area contributed by atoms with Crippen LogP contribution in [0.25, 0.3) is 21.9 Å². The molecule has 0 atom stereocenters. The predicted molar refractivity (Wildman–Crippen MR) is 79.1 cm³/mol. The molecule has 0 fully saturated rings. The van der Waals surface area contributed by atoms with Gasteiger partial charge in [-0.1, -0.05) is 41.9 Å². The van der Waals surface area contributed by atoms with Crippen LogP contribution in [0, 0.1) is 0 Å². The van der Waals surface area contributed by atoms with Crippen molar-refractivity contribution in [3.63, 3.8) is 0 Å². The van der Waals surface area contributed by atoms with Gasteiger partial charge >= 0.3 is 5.97 Å². The van der Waals surface area contributed by atoms with Gasteiger partial charge in [-0.15, -0.1) is 0 Å². The van der Waals surface area contributed by atoms with Gasteiger partial charge in [-0.3, -0.25) is 4.98 Å². The molecule has 0 bridgehead atoms. The summed E-state index contributed by atoms with van der Waals surface area (Å²) in [5.74, 6) is -1.00. The number of aromatic carboxylic acids is 1. The number of hydrogen-bond donors (Lipinski definition) is 1. The molecule has 3 rings (SSSR count). The number of carboxylic acid groups (broad SMARTS) is 1. The molecule has 1 aromatic heterocycles. The van der Waals surface area contributed by atoms with Crippen LogP contribution in [0.5, 0.6) is 0 Å². The lowest BCUT2D eigenvalue weighted by molar-refractivity contribution is 0.0698. The van der Waals surface area contributed by atoms with Crippen molar-refractivity contribution < 1.29 is 9.90 Å². The molecule has 0 aliphatic carbocycles. The van der Waals surface area contributed by atoms with E-state index in [1.807, 2.05) is 24.3 Å². The highest BCUT2D eigenvalue weighted by molar-refractivity contribution is 6.31. The van der Waals surface area contributed by atoms with Crippen LogP contribution >= 0.6 is 11.6 Å². The van der Waals surface area contributed by atoms with Gasteiger partial charge in [0.15, 0.2) is 0 Å². The molecule has 0 unspecified atom stereocenters. The lowest BCUT2D eigenvalue weighted by atomic mass is 9.97. The fourth-order valence-corrected chi connectivity index (χ4v) is 2.43. The largest absolute Gasteiger partial charge is 0.478 e. The smallest absolute Gasteiger partial charge is 0.336 e. The number of pyridine rings is 1. The Morgan fingerprint density at radius 3 is 2.65 bits per heavy atom. The topological polar surface area (TPSA) is 50.2 Å². The minimum Gasteiger partial charge on any atom is -0.478 e. The molecule has 2 aromatic carbocycles. The third kappa shape index (κ3) is 2.12. The molecule has 0 aliphatic heterocycles. The summed E-state index contributed by atoms with van der Waals surface area (Å²) < 4.78 is 0. The summed E-state index contributed by atoms with van der Waals surface area (Å²) in [6.07, 6.45) is 3.44. The van der Waals surface area contributed by atoms with E-state index in [1.165, 1.54) is 6.07 Å². The van der Waals surface area contributed by atoms with E-state index < -0.39 is 5.97 Å². The minimum atomic E-state index is -1.00. The molecular weight excluding hydrogens is 274 g/mol. The van der Waals surface area contributed by atoms with Gasteiger partial charge in [-0.2, -0.15) is 0 Å². The highest BCUT2D eigenvalue weighted by Gasteiger charge is 2.14. The second-order valence-corrected chi connectivity index (χ2v) is 4.84. The zero-order chi connectivity index (χ0) is 14.1. The Morgan fingerprint density at radius 2 is 1.85 bits per heavy atom. The summed E-state index contributed by atoms with van der Waals surface area (Å²) in [4.78, 5) is 15.6. The van der Waals surface area contributed by atoms with Crippen molar-refractivity contribution in [1.29, 1.82) is 0 Å². The second-order valence-electron chi connectivity index (χ2n) is 4.40. The SMILES string of the molecule is O=C(O)c1cc(Cl)ccc1-c1cncc2ccccc12. The van der Waals surface area contributed by atoms with Crippen LogP contribution < -0.4 is 0 Å². The van der Waals surface area contributed by atoms with Gasteiger partial charge in [-0.05, 0) is 23.1 Å². The fourth-order valence-electron chi connectivity index (χ4n) is 2.26. The number of carbonyl (C=O) groups is 1. The number of fused-ring (bicyclic) bond motifs is 1. The van der Waals surface area contributed by atoms with Crippen LogP contribution in [0.15, 0.2) is 54.9 Å². The molecule has 20 heavy (non-hydrogen) atoms. The lowest BCUT2D eigenvalue weighted by Gasteiger charge is -2.09. The monoisotopic (exact) mass is 283 g/mol. The standard InChI is InChI=1S/C16H10ClNO2/c17-11-5-6-13(14(7-11)16(19)20)15-9-18-8-10-3-1-2-4-12(10)15/h1-9H,(H,19,20). The highest BCUT2D eigenvalue weighted by Crippen LogP contribution is 2.31. The van der Waals surface area contributed by atoms with E-state index in [0.717, 1.165) is 16.3 Å². The second kappa shape index (κ2) is 4.94. The normalized spacial score (nSPS) is 10.7. The first-order chi connectivity index (χ1) is 9.66. The van der Waals surface area contributed by atoms with Crippen molar-refractivity contribution >= 4 is 28.3 Å². The number of rotatable bonds is 2. The Balaban J connectivity index is 2.34. The fraction of sp³-hybridized carbons (Fsp3) is 0. The maximum absolute atomic E-state index is 11.4. The Hall–Kier alpha value is -2.39. The molecule has 3 aromatic rings. The average molecular weight is 284 g/mol. The summed E-state index contributed by atoms with van der Waals surface area (Å²) in [6, 6.07) is 12.6. The number of nitrogens with zero attached hydrogens (tertiary/aromatic N) is 1. The van der Waals surface area contributed by atoms with Crippen molar-refractivity contribution in [2.45, 2.75) is 0 Å². The first-order valence-corrected chi connectivity index (χ1v) is 6.40. The van der Waals surface area contributed by atoms with E-state index in [1.54, 1.807) is 24.5 Å². The third-order valence-electron chi connectivity index (χ3n) is 3.17. The van der Waals surface area contributed by atoms with Crippen molar-refractivity contribution in [1.82, 2.24) is 4.98 Å². The average Bonchev–Trinajstić information content (AvgIpc) is 2.46. The number of halogens is 1. The maximum Gasteiger partial charge on any atom is 0.336 e. The van der Waals surface area contributed by atoms with Crippen molar-refractivity contribution in [2.75, 3.05) is 0 Å². The van der Waals surface area contributed by atoms with Gasteiger partial charge in [0.25, 0.3) is 0 Å². The Bertz CT molecular complexity index is 809. The van der Waals surface area contributed by atoms with Gasteiger partial charge in [0.2, 0.25) is 0 Å². The van der Waals surface area contributed by atoms with Crippen molar-refractivity contribution in [3.8, 4) is 11.1 Å². The summed E-state index contributed by atoms with van der Waals surface area (Å²) >= 11 is 5.89. The van der Waals surface area contributed by atoms with E-state index >= 15 is 0 Å². The van der Waals surface area contributed by atoms with E-state index in [4.69, 9.17) is 11.6 Å². The Kier molecular flexibility index (Phi) is 3.12. The molecule has 0 saturated heterocycles. The predicted octanol–water partition coefficient (Wildman–Crippen LogP) is 4.25. The summed E-state index contributed by atoms with van der Waals surface area (Å²) in [5, 5.41) is 11.7. The van der Waals surface area contributed by atoms with Gasteiger partial charge in [0.1, 0.15) is 0 Å². The van der Waals surface area contributed by atoms with Crippen molar-refractivity contribution in [3.05, 3.63) is 65.4 Å². The number of carboxylic acids is 1. The Morgan fingerprint density at radius 1 is 1.05 bits per heavy atom. The molecule has 4 heteroatoms. The molecule has 1 N–H and O–H groups in total. The molecule has 0 radical (unpaired) electrons. The van der Waals surface area contributed by atoms with Crippen LogP contribution in [-0.2, 0) is 0 Å². The molecule has 0 amide bonds.